The molecule has 54 valence electrons. The highest BCUT2D eigenvalue weighted by molar-refractivity contribution is 6.31. The summed E-state index contributed by atoms with van der Waals surface area (Å²) in [5.74, 6) is -0.604. The molecule has 0 bridgehead atoms. The smallest absolute Gasteiger partial charge is 0.160 e. The molecule has 2 nitrogen and oxygen atoms in total. The molecule has 0 fully saturated rings. The Bertz CT molecular complexity index is 241. The quantitative estimate of drug-likeness (QED) is 0.675. The minimum Gasteiger partial charge on any atom is -0.392 e. The lowest BCUT2D eigenvalue weighted by Gasteiger charge is -1.97. The van der Waals surface area contributed by atoms with Crippen molar-refractivity contribution in [1.82, 2.24) is 4.98 Å². The van der Waals surface area contributed by atoms with Crippen LogP contribution in [0.5, 0.6) is 0 Å². The highest BCUT2D eigenvalue weighted by atomic mass is 35.5. The van der Waals surface area contributed by atoms with E-state index in [1.54, 1.807) is 0 Å². The van der Waals surface area contributed by atoms with Crippen molar-refractivity contribution in [3.8, 4) is 0 Å². The van der Waals surface area contributed by atoms with Gasteiger partial charge in [0.2, 0.25) is 0 Å². The van der Waals surface area contributed by atoms with Gasteiger partial charge < -0.3 is 5.11 Å². The van der Waals surface area contributed by atoms with Crippen molar-refractivity contribution in [2.75, 3.05) is 0 Å². The van der Waals surface area contributed by atoms with Crippen LogP contribution in [0.3, 0.4) is 0 Å². The Labute approximate surface area is 62.3 Å². The number of hydrogen-bond donors (Lipinski definition) is 1. The van der Waals surface area contributed by atoms with Gasteiger partial charge in [-0.1, -0.05) is 11.6 Å². The first kappa shape index (κ1) is 7.44. The molecule has 0 aromatic carbocycles. The van der Waals surface area contributed by atoms with Crippen LogP contribution in [-0.2, 0) is 6.61 Å². The third-order valence-corrected chi connectivity index (χ3v) is 1.50. The van der Waals surface area contributed by atoms with Crippen molar-refractivity contribution in [3.05, 3.63) is 28.8 Å². The molecule has 1 rings (SSSR count). The normalized spacial score (nSPS) is 9.90. The lowest BCUT2D eigenvalue weighted by Crippen LogP contribution is -1.89. The lowest BCUT2D eigenvalue weighted by molar-refractivity contribution is 0.281. The summed E-state index contributed by atoms with van der Waals surface area (Å²) in [6, 6.07) is 0. The van der Waals surface area contributed by atoms with Gasteiger partial charge in [-0.2, -0.15) is 0 Å². The predicted molar refractivity (Wildman–Crippen MR) is 35.1 cm³/mol. The van der Waals surface area contributed by atoms with Crippen LogP contribution in [0.15, 0.2) is 12.4 Å². The molecule has 0 aliphatic carbocycles. The van der Waals surface area contributed by atoms with E-state index in [9.17, 15) is 4.39 Å². The van der Waals surface area contributed by atoms with Crippen molar-refractivity contribution in [2.24, 2.45) is 0 Å². The highest BCUT2D eigenvalue weighted by Gasteiger charge is 2.03. The molecule has 1 aromatic rings. The number of nitrogens with zero attached hydrogens (tertiary/aromatic N) is 1. The number of rotatable bonds is 1. The van der Waals surface area contributed by atoms with E-state index in [0.29, 0.717) is 5.56 Å². The predicted octanol–water partition coefficient (Wildman–Crippen LogP) is 1.37. The summed E-state index contributed by atoms with van der Waals surface area (Å²) in [6.07, 6.45) is 2.33. The van der Waals surface area contributed by atoms with E-state index in [2.05, 4.69) is 4.98 Å². The lowest BCUT2D eigenvalue weighted by atomic mass is 10.3. The maximum Gasteiger partial charge on any atom is 0.160 e. The molecular weight excluding hydrogens is 157 g/mol. The Morgan fingerprint density at radius 3 is 2.80 bits per heavy atom. The van der Waals surface area contributed by atoms with Gasteiger partial charge in [-0.3, -0.25) is 4.98 Å². The second-order valence-corrected chi connectivity index (χ2v) is 2.13. The van der Waals surface area contributed by atoms with Crippen LogP contribution in [0.2, 0.25) is 5.02 Å². The summed E-state index contributed by atoms with van der Waals surface area (Å²) in [4.78, 5) is 3.50. The van der Waals surface area contributed by atoms with Gasteiger partial charge in [0.15, 0.2) is 5.82 Å². The fraction of sp³-hybridized carbons (Fsp3) is 0.167. The summed E-state index contributed by atoms with van der Waals surface area (Å²) in [5.41, 5.74) is 0.307. The molecule has 0 spiro atoms. The molecule has 0 saturated heterocycles. The van der Waals surface area contributed by atoms with Gasteiger partial charge in [0.1, 0.15) is 0 Å². The first-order valence-electron chi connectivity index (χ1n) is 2.64. The van der Waals surface area contributed by atoms with Gasteiger partial charge in [0.25, 0.3) is 0 Å². The van der Waals surface area contributed by atoms with Crippen molar-refractivity contribution in [3.63, 3.8) is 0 Å². The Morgan fingerprint density at radius 1 is 1.60 bits per heavy atom. The monoisotopic (exact) mass is 161 g/mol. The molecule has 1 aromatic heterocycles. The number of hydrogen-bond acceptors (Lipinski definition) is 2. The van der Waals surface area contributed by atoms with E-state index in [0.717, 1.165) is 6.20 Å². The van der Waals surface area contributed by atoms with Crippen LogP contribution in [0.4, 0.5) is 4.39 Å². The van der Waals surface area contributed by atoms with Crippen LogP contribution in [-0.4, -0.2) is 10.1 Å². The molecule has 0 atom stereocenters. The highest BCUT2D eigenvalue weighted by Crippen LogP contribution is 2.17. The number of aromatic nitrogens is 1. The van der Waals surface area contributed by atoms with E-state index in [1.165, 1.54) is 6.20 Å². The number of halogens is 2. The average Bonchev–Trinajstić information content (AvgIpc) is 1.95. The van der Waals surface area contributed by atoms with Crippen LogP contribution in [0.1, 0.15) is 5.56 Å². The topological polar surface area (TPSA) is 33.1 Å². The molecule has 1 heterocycles. The Morgan fingerprint density at radius 2 is 2.30 bits per heavy atom. The summed E-state index contributed by atoms with van der Waals surface area (Å²) in [5, 5.41) is 8.49. The zero-order chi connectivity index (χ0) is 7.56. The minimum atomic E-state index is -0.604. The molecule has 0 aliphatic rings. The minimum absolute atomic E-state index is 0.0579. The molecule has 1 N–H and O–H groups in total. The third kappa shape index (κ3) is 1.25. The molecular formula is C6H5ClFNO. The van der Waals surface area contributed by atoms with Crippen LogP contribution >= 0.6 is 11.6 Å². The van der Waals surface area contributed by atoms with Crippen molar-refractivity contribution in [2.45, 2.75) is 6.61 Å². The summed E-state index contributed by atoms with van der Waals surface area (Å²) >= 11 is 5.42. The zero-order valence-corrected chi connectivity index (χ0v) is 5.77. The SMILES string of the molecule is OCc1cncc(F)c1Cl. The molecule has 0 saturated carbocycles. The van der Waals surface area contributed by atoms with Gasteiger partial charge in [0.05, 0.1) is 17.8 Å². The number of aliphatic hydroxyl groups is 1. The van der Waals surface area contributed by atoms with Gasteiger partial charge >= 0.3 is 0 Å². The fourth-order valence-corrected chi connectivity index (χ4v) is 0.727. The number of pyridine rings is 1. The largest absolute Gasteiger partial charge is 0.392 e. The third-order valence-electron chi connectivity index (χ3n) is 1.08. The second kappa shape index (κ2) is 2.94. The van der Waals surface area contributed by atoms with Crippen LogP contribution in [0.25, 0.3) is 0 Å². The summed E-state index contributed by atoms with van der Waals surface area (Å²) in [6.45, 7) is -0.288. The van der Waals surface area contributed by atoms with Crippen molar-refractivity contribution >= 4 is 11.6 Å². The molecule has 0 amide bonds. The molecule has 0 radical (unpaired) electrons. The average molecular weight is 162 g/mol. The van der Waals surface area contributed by atoms with Gasteiger partial charge in [-0.25, -0.2) is 4.39 Å². The van der Waals surface area contributed by atoms with E-state index in [-0.39, 0.29) is 11.6 Å². The van der Waals surface area contributed by atoms with Gasteiger partial charge in [-0.05, 0) is 0 Å². The van der Waals surface area contributed by atoms with Gasteiger partial charge in [-0.15, -0.1) is 0 Å². The standard InChI is InChI=1S/C6H5ClFNO/c7-6-4(3-10)1-9-2-5(6)8/h1-2,10H,3H2. The fourth-order valence-electron chi connectivity index (χ4n) is 0.570. The Kier molecular flexibility index (Phi) is 2.19. The molecule has 10 heavy (non-hydrogen) atoms. The summed E-state index contributed by atoms with van der Waals surface area (Å²) < 4.78 is 12.5. The first-order valence-corrected chi connectivity index (χ1v) is 3.02. The molecule has 0 aliphatic heterocycles. The Hall–Kier alpha value is -0.670. The van der Waals surface area contributed by atoms with Crippen LogP contribution in [0, 0.1) is 5.82 Å². The van der Waals surface area contributed by atoms with Crippen LogP contribution < -0.4 is 0 Å². The maximum absolute atomic E-state index is 12.5. The van der Waals surface area contributed by atoms with Gasteiger partial charge in [0, 0.05) is 11.8 Å². The van der Waals surface area contributed by atoms with Crippen molar-refractivity contribution < 1.29 is 9.50 Å². The van der Waals surface area contributed by atoms with E-state index in [4.69, 9.17) is 16.7 Å². The first-order chi connectivity index (χ1) is 4.75. The van der Waals surface area contributed by atoms with E-state index < -0.39 is 5.82 Å². The van der Waals surface area contributed by atoms with E-state index >= 15 is 0 Å². The molecule has 4 heteroatoms. The van der Waals surface area contributed by atoms with Crippen molar-refractivity contribution in [1.29, 1.82) is 0 Å². The second-order valence-electron chi connectivity index (χ2n) is 1.75. The number of aliphatic hydroxyl groups excluding tert-OH is 1. The van der Waals surface area contributed by atoms with E-state index in [1.807, 2.05) is 0 Å². The zero-order valence-electron chi connectivity index (χ0n) is 5.01. The maximum atomic E-state index is 12.5. The Balaban J connectivity index is 3.14. The molecule has 0 unspecified atom stereocenters. The summed E-state index contributed by atoms with van der Waals surface area (Å²) in [7, 11) is 0.